The normalized spacial score (nSPS) is 21.3. The highest BCUT2D eigenvalue weighted by Crippen LogP contribution is 2.14. The zero-order valence-corrected chi connectivity index (χ0v) is 9.83. The number of likely N-dealkylation sites (tertiary alicyclic amines) is 1. The molecule has 0 aliphatic carbocycles. The predicted octanol–water partition coefficient (Wildman–Crippen LogP) is 0.324. The van der Waals surface area contributed by atoms with Crippen LogP contribution in [0.4, 0.5) is 0 Å². The molecule has 1 fully saturated rings. The van der Waals surface area contributed by atoms with E-state index in [-0.39, 0.29) is 5.91 Å². The molecule has 1 atom stereocenters. The van der Waals surface area contributed by atoms with Gasteiger partial charge < -0.3 is 11.1 Å². The van der Waals surface area contributed by atoms with Crippen LogP contribution in [0.2, 0.25) is 0 Å². The minimum absolute atomic E-state index is 0.0827. The lowest BCUT2D eigenvalue weighted by molar-refractivity contribution is -0.120. The number of nitrogens with one attached hydrogen (secondary N) is 1. The molecule has 3 N–H and O–H groups in total. The van der Waals surface area contributed by atoms with Gasteiger partial charge in [0.25, 0.3) is 0 Å². The number of nitrogens with zero attached hydrogens (tertiary/aromatic N) is 1. The summed E-state index contributed by atoms with van der Waals surface area (Å²) in [5.74, 6) is 0.0827. The highest BCUT2D eigenvalue weighted by atomic mass is 16.1. The Kier molecular flexibility index (Phi) is 5.05. The van der Waals surface area contributed by atoms with E-state index < -0.39 is 0 Å². The van der Waals surface area contributed by atoms with Crippen LogP contribution >= 0.6 is 0 Å². The first-order valence-corrected chi connectivity index (χ1v) is 5.88. The van der Waals surface area contributed by atoms with Gasteiger partial charge >= 0.3 is 0 Å². The summed E-state index contributed by atoms with van der Waals surface area (Å²) in [6.45, 7) is 6.61. The van der Waals surface area contributed by atoms with Crippen LogP contribution in [0.1, 0.15) is 33.1 Å². The molecule has 1 rings (SSSR count). The lowest BCUT2D eigenvalue weighted by Gasteiger charge is -2.36. The minimum atomic E-state index is 0.0827. The lowest BCUT2D eigenvalue weighted by atomic mass is 10.0. The first-order chi connectivity index (χ1) is 7.17. The van der Waals surface area contributed by atoms with Crippen molar-refractivity contribution in [3.8, 4) is 0 Å². The molecule has 1 aliphatic rings. The van der Waals surface area contributed by atoms with Gasteiger partial charge in [-0.05, 0) is 19.3 Å². The molecule has 0 spiro atoms. The van der Waals surface area contributed by atoms with Crippen LogP contribution in [-0.4, -0.2) is 42.5 Å². The second-order valence-corrected chi connectivity index (χ2v) is 4.31. The van der Waals surface area contributed by atoms with E-state index >= 15 is 0 Å². The molecule has 15 heavy (non-hydrogen) atoms. The van der Waals surface area contributed by atoms with Gasteiger partial charge in [0.2, 0.25) is 5.91 Å². The van der Waals surface area contributed by atoms with Crippen molar-refractivity contribution < 1.29 is 4.79 Å². The van der Waals surface area contributed by atoms with Crippen LogP contribution in [0.15, 0.2) is 0 Å². The van der Waals surface area contributed by atoms with Crippen LogP contribution in [0.3, 0.4) is 0 Å². The van der Waals surface area contributed by atoms with E-state index in [9.17, 15) is 4.79 Å². The van der Waals surface area contributed by atoms with Gasteiger partial charge in [0, 0.05) is 38.6 Å². The molecule has 1 aliphatic heterocycles. The molecule has 0 saturated carbocycles. The number of nitrogens with two attached hydrogens (primary N) is 1. The van der Waals surface area contributed by atoms with Gasteiger partial charge in [0.05, 0.1) is 0 Å². The van der Waals surface area contributed by atoms with Crippen LogP contribution in [0.5, 0.6) is 0 Å². The Balaban J connectivity index is 2.31. The number of piperidine rings is 1. The van der Waals surface area contributed by atoms with Gasteiger partial charge in [-0.25, -0.2) is 0 Å². The second kappa shape index (κ2) is 6.08. The smallest absolute Gasteiger partial charge is 0.217 e. The van der Waals surface area contributed by atoms with Crippen molar-refractivity contribution >= 4 is 5.91 Å². The van der Waals surface area contributed by atoms with Crippen LogP contribution in [-0.2, 0) is 4.79 Å². The van der Waals surface area contributed by atoms with Crippen molar-refractivity contribution in [2.24, 2.45) is 5.73 Å². The van der Waals surface area contributed by atoms with Gasteiger partial charge in [-0.3, -0.25) is 9.69 Å². The molecule has 0 aromatic heterocycles. The van der Waals surface area contributed by atoms with E-state index in [1.807, 2.05) is 0 Å². The fourth-order valence-corrected chi connectivity index (χ4v) is 2.27. The quantitative estimate of drug-likeness (QED) is 0.707. The maximum Gasteiger partial charge on any atom is 0.217 e. The highest BCUT2D eigenvalue weighted by Gasteiger charge is 2.23. The van der Waals surface area contributed by atoms with Gasteiger partial charge in [-0.2, -0.15) is 0 Å². The van der Waals surface area contributed by atoms with Gasteiger partial charge in [0.1, 0.15) is 0 Å². The summed E-state index contributed by atoms with van der Waals surface area (Å²) < 4.78 is 0. The van der Waals surface area contributed by atoms with Crippen molar-refractivity contribution in [2.45, 2.75) is 45.2 Å². The van der Waals surface area contributed by atoms with Crippen molar-refractivity contribution in [1.82, 2.24) is 10.2 Å². The third-order valence-corrected chi connectivity index (χ3v) is 3.20. The number of hydrogen-bond donors (Lipinski definition) is 2. The molecule has 0 bridgehead atoms. The first kappa shape index (κ1) is 12.5. The Labute approximate surface area is 92.2 Å². The monoisotopic (exact) mass is 213 g/mol. The summed E-state index contributed by atoms with van der Waals surface area (Å²) in [5, 5.41) is 2.98. The molecule has 88 valence electrons. The zero-order valence-electron chi connectivity index (χ0n) is 9.83. The number of amides is 1. The molecule has 1 amide bonds. The van der Waals surface area contributed by atoms with Crippen LogP contribution in [0, 0.1) is 0 Å². The van der Waals surface area contributed by atoms with Crippen molar-refractivity contribution in [2.75, 3.05) is 19.6 Å². The lowest BCUT2D eigenvalue weighted by Crippen LogP contribution is -2.49. The van der Waals surface area contributed by atoms with Crippen LogP contribution < -0.4 is 11.1 Å². The zero-order chi connectivity index (χ0) is 11.3. The van der Waals surface area contributed by atoms with Crippen molar-refractivity contribution in [1.29, 1.82) is 0 Å². The Bertz CT molecular complexity index is 196. The highest BCUT2D eigenvalue weighted by molar-refractivity contribution is 5.73. The number of carbonyl (C=O) groups is 1. The first-order valence-electron chi connectivity index (χ1n) is 5.88. The van der Waals surface area contributed by atoms with Gasteiger partial charge in [0.15, 0.2) is 0 Å². The average molecular weight is 213 g/mol. The van der Waals surface area contributed by atoms with Crippen molar-refractivity contribution in [3.05, 3.63) is 0 Å². The molecule has 1 saturated heterocycles. The summed E-state index contributed by atoms with van der Waals surface area (Å²) in [7, 11) is 0. The average Bonchev–Trinajstić information content (AvgIpc) is 2.21. The van der Waals surface area contributed by atoms with E-state index in [4.69, 9.17) is 5.73 Å². The van der Waals surface area contributed by atoms with E-state index in [1.165, 1.54) is 0 Å². The molecule has 0 aromatic carbocycles. The fourth-order valence-electron chi connectivity index (χ4n) is 2.27. The van der Waals surface area contributed by atoms with E-state index in [0.29, 0.717) is 12.1 Å². The number of rotatable bonds is 4. The van der Waals surface area contributed by atoms with E-state index in [1.54, 1.807) is 6.92 Å². The summed E-state index contributed by atoms with van der Waals surface area (Å²) in [6, 6.07) is 0.886. The third kappa shape index (κ3) is 3.80. The van der Waals surface area contributed by atoms with E-state index in [2.05, 4.69) is 17.1 Å². The molecule has 1 heterocycles. The van der Waals surface area contributed by atoms with Crippen molar-refractivity contribution in [3.63, 3.8) is 0 Å². The minimum Gasteiger partial charge on any atom is -0.354 e. The summed E-state index contributed by atoms with van der Waals surface area (Å²) in [5.41, 5.74) is 5.72. The molecule has 1 unspecified atom stereocenters. The summed E-state index contributed by atoms with van der Waals surface area (Å²) in [6.07, 6.45) is 3.22. The Hall–Kier alpha value is -0.610. The topological polar surface area (TPSA) is 58.4 Å². The maximum atomic E-state index is 10.9. The second-order valence-electron chi connectivity index (χ2n) is 4.31. The van der Waals surface area contributed by atoms with Gasteiger partial charge in [-0.15, -0.1) is 0 Å². The summed E-state index contributed by atoms with van der Waals surface area (Å²) >= 11 is 0. The standard InChI is InChI=1S/C11H23N3O/c1-3-11(8-12)14-6-4-10(5-7-14)13-9(2)15/h10-11H,3-8,12H2,1-2H3,(H,13,15). The fraction of sp³-hybridized carbons (Fsp3) is 0.909. The summed E-state index contributed by atoms with van der Waals surface area (Å²) in [4.78, 5) is 13.3. The molecule has 4 nitrogen and oxygen atoms in total. The Morgan fingerprint density at radius 2 is 2.13 bits per heavy atom. The molecular formula is C11H23N3O. The largest absolute Gasteiger partial charge is 0.354 e. The Morgan fingerprint density at radius 1 is 1.53 bits per heavy atom. The SMILES string of the molecule is CCC(CN)N1CCC(NC(C)=O)CC1. The number of hydrogen-bond acceptors (Lipinski definition) is 3. The molecule has 0 radical (unpaired) electrons. The van der Waals surface area contributed by atoms with E-state index in [0.717, 1.165) is 38.9 Å². The molecular weight excluding hydrogens is 190 g/mol. The number of carbonyl (C=O) groups excluding carboxylic acids is 1. The molecule has 4 heteroatoms. The third-order valence-electron chi connectivity index (χ3n) is 3.20. The van der Waals surface area contributed by atoms with Crippen LogP contribution in [0.25, 0.3) is 0 Å². The maximum absolute atomic E-state index is 10.9. The predicted molar refractivity (Wildman–Crippen MR) is 61.5 cm³/mol. The molecule has 0 aromatic rings. The van der Waals surface area contributed by atoms with Gasteiger partial charge in [-0.1, -0.05) is 6.92 Å². The Morgan fingerprint density at radius 3 is 2.53 bits per heavy atom.